The molecule has 0 aromatic carbocycles. The summed E-state index contributed by atoms with van der Waals surface area (Å²) in [5.74, 6) is 0.0138. The Morgan fingerprint density at radius 1 is 1.53 bits per heavy atom. The first-order valence-corrected chi connectivity index (χ1v) is 8.43. The minimum atomic E-state index is -3.66. The summed E-state index contributed by atoms with van der Waals surface area (Å²) >= 11 is 4.81. The number of rotatable bonds is 4. The Balaban J connectivity index is 2.23. The standard InChI is InChI=1S/C10H13BrN4O2S2/c1-6-9(10(12)14-15(6)2)19(16,17)13-5-7-3-4-8(11)18-7/h3-4,13H,5H2,1-2H3,(H2,12,14). The molecular formula is C10H13BrN4O2S2. The molecule has 0 bridgehead atoms. The average Bonchev–Trinajstić information content (AvgIpc) is 2.82. The third kappa shape index (κ3) is 2.99. The molecule has 0 saturated heterocycles. The highest BCUT2D eigenvalue weighted by molar-refractivity contribution is 9.11. The van der Waals surface area contributed by atoms with Crippen LogP contribution in [0, 0.1) is 6.92 Å². The lowest BCUT2D eigenvalue weighted by atomic mass is 10.5. The van der Waals surface area contributed by atoms with Crippen molar-refractivity contribution in [3.63, 3.8) is 0 Å². The predicted octanol–water partition coefficient (Wildman–Crippen LogP) is 1.61. The van der Waals surface area contributed by atoms with E-state index in [1.165, 1.54) is 16.0 Å². The lowest BCUT2D eigenvalue weighted by Crippen LogP contribution is -2.24. The third-order valence-electron chi connectivity index (χ3n) is 2.64. The van der Waals surface area contributed by atoms with Crippen molar-refractivity contribution < 1.29 is 8.42 Å². The number of hydrogen-bond acceptors (Lipinski definition) is 5. The maximum Gasteiger partial charge on any atom is 0.246 e. The van der Waals surface area contributed by atoms with Crippen LogP contribution >= 0.6 is 27.3 Å². The fourth-order valence-corrected chi connectivity index (χ4v) is 4.47. The second kappa shape index (κ2) is 5.23. The fourth-order valence-electron chi connectivity index (χ4n) is 1.63. The molecule has 0 amide bonds. The number of nitrogens with zero attached hydrogens (tertiary/aromatic N) is 2. The first-order chi connectivity index (χ1) is 8.81. The topological polar surface area (TPSA) is 90.0 Å². The van der Waals surface area contributed by atoms with E-state index in [0.717, 1.165) is 8.66 Å². The highest BCUT2D eigenvalue weighted by Crippen LogP contribution is 2.24. The number of halogens is 1. The first-order valence-electron chi connectivity index (χ1n) is 5.34. The Hall–Kier alpha value is -0.900. The van der Waals surface area contributed by atoms with Gasteiger partial charge >= 0.3 is 0 Å². The molecule has 104 valence electrons. The lowest BCUT2D eigenvalue weighted by Gasteiger charge is -2.05. The van der Waals surface area contributed by atoms with E-state index < -0.39 is 10.0 Å². The van der Waals surface area contributed by atoms with Crippen LogP contribution in [0.3, 0.4) is 0 Å². The van der Waals surface area contributed by atoms with Crippen molar-refractivity contribution in [2.45, 2.75) is 18.4 Å². The molecule has 0 atom stereocenters. The van der Waals surface area contributed by atoms with Gasteiger partial charge in [0.25, 0.3) is 0 Å². The molecule has 0 spiro atoms. The van der Waals surface area contributed by atoms with Crippen LogP contribution in [0.2, 0.25) is 0 Å². The summed E-state index contributed by atoms with van der Waals surface area (Å²) in [6, 6.07) is 3.73. The third-order valence-corrected chi connectivity index (χ3v) is 5.83. The summed E-state index contributed by atoms with van der Waals surface area (Å²) in [4.78, 5) is 0.959. The zero-order valence-corrected chi connectivity index (χ0v) is 13.6. The molecule has 0 fully saturated rings. The van der Waals surface area contributed by atoms with Gasteiger partial charge in [0.05, 0.1) is 9.48 Å². The molecule has 0 aliphatic carbocycles. The van der Waals surface area contributed by atoms with Gasteiger partial charge in [0.1, 0.15) is 4.90 Å². The molecule has 2 aromatic heterocycles. The molecule has 0 radical (unpaired) electrons. The molecule has 0 saturated carbocycles. The van der Waals surface area contributed by atoms with E-state index in [1.807, 2.05) is 12.1 Å². The van der Waals surface area contributed by atoms with Crippen molar-refractivity contribution in [1.29, 1.82) is 0 Å². The van der Waals surface area contributed by atoms with Crippen LogP contribution in [0.4, 0.5) is 5.82 Å². The molecule has 2 rings (SSSR count). The van der Waals surface area contributed by atoms with Crippen LogP contribution in [0.5, 0.6) is 0 Å². The van der Waals surface area contributed by atoms with E-state index in [1.54, 1.807) is 14.0 Å². The average molecular weight is 365 g/mol. The zero-order chi connectivity index (χ0) is 14.2. The maximum atomic E-state index is 12.2. The van der Waals surface area contributed by atoms with Crippen molar-refractivity contribution >= 4 is 43.1 Å². The molecule has 0 aliphatic rings. The van der Waals surface area contributed by atoms with Gasteiger partial charge in [0.2, 0.25) is 10.0 Å². The van der Waals surface area contributed by atoms with Gasteiger partial charge in [-0.1, -0.05) is 0 Å². The van der Waals surface area contributed by atoms with E-state index in [-0.39, 0.29) is 17.3 Å². The van der Waals surface area contributed by atoms with E-state index in [0.29, 0.717) is 5.69 Å². The monoisotopic (exact) mass is 364 g/mol. The number of aryl methyl sites for hydroxylation is 1. The second-order valence-corrected chi connectivity index (χ2v) is 8.21. The molecule has 2 aromatic rings. The Morgan fingerprint density at radius 3 is 2.68 bits per heavy atom. The van der Waals surface area contributed by atoms with Crippen molar-refractivity contribution in [3.8, 4) is 0 Å². The number of aromatic nitrogens is 2. The van der Waals surface area contributed by atoms with Crippen molar-refractivity contribution in [2.24, 2.45) is 7.05 Å². The number of thiophene rings is 1. The Morgan fingerprint density at radius 2 is 2.21 bits per heavy atom. The minimum Gasteiger partial charge on any atom is -0.381 e. The summed E-state index contributed by atoms with van der Waals surface area (Å²) < 4.78 is 29.4. The number of nitrogens with two attached hydrogens (primary N) is 1. The van der Waals surface area contributed by atoms with Crippen LogP contribution in [0.25, 0.3) is 0 Å². The Labute approximate surface area is 123 Å². The molecule has 0 aliphatic heterocycles. The van der Waals surface area contributed by atoms with E-state index in [2.05, 4.69) is 25.8 Å². The highest BCUT2D eigenvalue weighted by Gasteiger charge is 2.24. The quantitative estimate of drug-likeness (QED) is 0.862. The van der Waals surface area contributed by atoms with Crippen molar-refractivity contribution in [3.05, 3.63) is 26.5 Å². The summed E-state index contributed by atoms with van der Waals surface area (Å²) in [6.45, 7) is 1.89. The molecule has 19 heavy (non-hydrogen) atoms. The normalized spacial score (nSPS) is 11.9. The van der Waals surface area contributed by atoms with Crippen LogP contribution in [-0.4, -0.2) is 18.2 Å². The van der Waals surface area contributed by atoms with Crippen LogP contribution < -0.4 is 10.5 Å². The largest absolute Gasteiger partial charge is 0.381 e. The van der Waals surface area contributed by atoms with Gasteiger partial charge in [0, 0.05) is 18.5 Å². The molecular weight excluding hydrogens is 352 g/mol. The Bertz CT molecular complexity index is 705. The molecule has 9 heteroatoms. The fraction of sp³-hybridized carbons (Fsp3) is 0.300. The second-order valence-electron chi connectivity index (χ2n) is 3.95. The highest BCUT2D eigenvalue weighted by atomic mass is 79.9. The summed E-state index contributed by atoms with van der Waals surface area (Å²) in [7, 11) is -2.00. The number of hydrogen-bond donors (Lipinski definition) is 2. The van der Waals surface area contributed by atoms with Gasteiger partial charge in [-0.15, -0.1) is 11.3 Å². The number of sulfonamides is 1. The van der Waals surface area contributed by atoms with Crippen molar-refractivity contribution in [2.75, 3.05) is 5.73 Å². The molecule has 6 nitrogen and oxygen atoms in total. The molecule has 0 unspecified atom stereocenters. The molecule has 2 heterocycles. The van der Waals surface area contributed by atoms with Gasteiger partial charge in [-0.05, 0) is 35.0 Å². The van der Waals surface area contributed by atoms with Crippen LogP contribution in [0.1, 0.15) is 10.6 Å². The SMILES string of the molecule is Cc1c(S(=O)(=O)NCc2ccc(Br)s2)c(N)nn1C. The molecule has 3 N–H and O–H groups in total. The smallest absolute Gasteiger partial charge is 0.246 e. The number of anilines is 1. The van der Waals surface area contributed by atoms with Gasteiger partial charge in [-0.25, -0.2) is 13.1 Å². The van der Waals surface area contributed by atoms with Crippen LogP contribution in [-0.2, 0) is 23.6 Å². The minimum absolute atomic E-state index is 0.0138. The summed E-state index contributed by atoms with van der Waals surface area (Å²) in [6.07, 6.45) is 0. The summed E-state index contributed by atoms with van der Waals surface area (Å²) in [5, 5.41) is 3.91. The first kappa shape index (κ1) is 14.5. The Kier molecular flexibility index (Phi) is 4.00. The predicted molar refractivity (Wildman–Crippen MR) is 78.4 cm³/mol. The van der Waals surface area contributed by atoms with E-state index in [9.17, 15) is 8.42 Å². The maximum absolute atomic E-state index is 12.2. The van der Waals surface area contributed by atoms with Gasteiger partial charge in [-0.3, -0.25) is 4.68 Å². The zero-order valence-electron chi connectivity index (χ0n) is 10.3. The van der Waals surface area contributed by atoms with Gasteiger partial charge in [0.15, 0.2) is 5.82 Å². The summed E-state index contributed by atoms with van der Waals surface area (Å²) in [5.41, 5.74) is 6.16. The van der Waals surface area contributed by atoms with E-state index in [4.69, 9.17) is 5.73 Å². The van der Waals surface area contributed by atoms with Crippen LogP contribution in [0.15, 0.2) is 20.8 Å². The van der Waals surface area contributed by atoms with Crippen molar-refractivity contribution in [1.82, 2.24) is 14.5 Å². The number of nitrogen functional groups attached to an aromatic ring is 1. The van der Waals surface area contributed by atoms with Gasteiger partial charge < -0.3 is 5.73 Å². The van der Waals surface area contributed by atoms with E-state index >= 15 is 0 Å². The van der Waals surface area contributed by atoms with Gasteiger partial charge in [-0.2, -0.15) is 5.10 Å². The number of nitrogens with one attached hydrogen (secondary N) is 1. The lowest BCUT2D eigenvalue weighted by molar-refractivity contribution is 0.581.